The lowest BCUT2D eigenvalue weighted by Crippen LogP contribution is -2.22. The van der Waals surface area contributed by atoms with Crippen LogP contribution in [-0.4, -0.2) is 34.7 Å². The standard InChI is InChI=1S/C11H20N3/c1-9-10(7-13(5)6)8-14(12-9)11(2,3)4/h7-8H,1-6H3/q+1. The third kappa shape index (κ3) is 2.44. The summed E-state index contributed by atoms with van der Waals surface area (Å²) in [5.41, 5.74) is 2.32. The van der Waals surface area contributed by atoms with Gasteiger partial charge in [-0.15, -0.1) is 0 Å². The van der Waals surface area contributed by atoms with Crippen molar-refractivity contribution in [1.29, 1.82) is 0 Å². The Kier molecular flexibility index (Phi) is 2.79. The molecule has 0 saturated carbocycles. The molecule has 0 aliphatic rings. The minimum Gasteiger partial charge on any atom is -0.266 e. The van der Waals surface area contributed by atoms with Crippen LogP contribution in [0.5, 0.6) is 0 Å². The summed E-state index contributed by atoms with van der Waals surface area (Å²) in [4.78, 5) is 0. The van der Waals surface area contributed by atoms with E-state index in [2.05, 4.69) is 38.3 Å². The molecule has 3 heteroatoms. The second kappa shape index (κ2) is 3.56. The first-order valence-corrected chi connectivity index (χ1v) is 4.89. The molecule has 0 bridgehead atoms. The minimum atomic E-state index is 0.0587. The van der Waals surface area contributed by atoms with Crippen LogP contribution in [0.2, 0.25) is 0 Å². The van der Waals surface area contributed by atoms with Gasteiger partial charge in [0.25, 0.3) is 0 Å². The van der Waals surface area contributed by atoms with Crippen molar-refractivity contribution in [2.75, 3.05) is 14.1 Å². The van der Waals surface area contributed by atoms with Crippen molar-refractivity contribution in [2.24, 2.45) is 0 Å². The highest BCUT2D eigenvalue weighted by atomic mass is 15.3. The smallest absolute Gasteiger partial charge is 0.173 e. The monoisotopic (exact) mass is 194 g/mol. The van der Waals surface area contributed by atoms with Crippen LogP contribution in [0.25, 0.3) is 0 Å². The molecule has 0 aliphatic heterocycles. The Hall–Kier alpha value is -1.12. The maximum atomic E-state index is 4.49. The van der Waals surface area contributed by atoms with Gasteiger partial charge in [-0.05, 0) is 27.7 Å². The summed E-state index contributed by atoms with van der Waals surface area (Å²) < 4.78 is 4.05. The zero-order valence-electron chi connectivity index (χ0n) is 10.00. The first kappa shape index (κ1) is 11.0. The number of hydrogen-bond acceptors (Lipinski definition) is 1. The summed E-state index contributed by atoms with van der Waals surface area (Å²) in [5.74, 6) is 0. The van der Waals surface area contributed by atoms with E-state index >= 15 is 0 Å². The summed E-state index contributed by atoms with van der Waals surface area (Å²) >= 11 is 0. The molecular formula is C11H20N3+. The largest absolute Gasteiger partial charge is 0.266 e. The summed E-state index contributed by atoms with van der Waals surface area (Å²) in [7, 11) is 4.04. The molecule has 0 aliphatic carbocycles. The zero-order valence-corrected chi connectivity index (χ0v) is 10.00. The van der Waals surface area contributed by atoms with Crippen molar-refractivity contribution >= 4 is 6.21 Å². The first-order chi connectivity index (χ1) is 6.30. The van der Waals surface area contributed by atoms with Crippen LogP contribution in [0.4, 0.5) is 0 Å². The quantitative estimate of drug-likeness (QED) is 0.492. The Labute approximate surface area is 86.1 Å². The molecule has 78 valence electrons. The van der Waals surface area contributed by atoms with Crippen molar-refractivity contribution in [2.45, 2.75) is 33.2 Å². The van der Waals surface area contributed by atoms with Gasteiger partial charge < -0.3 is 0 Å². The lowest BCUT2D eigenvalue weighted by Gasteiger charge is -2.18. The molecule has 14 heavy (non-hydrogen) atoms. The van der Waals surface area contributed by atoms with E-state index in [1.165, 1.54) is 5.56 Å². The summed E-state index contributed by atoms with van der Waals surface area (Å²) in [6, 6.07) is 0. The lowest BCUT2D eigenvalue weighted by atomic mass is 10.1. The van der Waals surface area contributed by atoms with Crippen molar-refractivity contribution in [3.63, 3.8) is 0 Å². The predicted molar refractivity (Wildman–Crippen MR) is 59.2 cm³/mol. The summed E-state index contributed by atoms with van der Waals surface area (Å²) in [6.07, 6.45) is 4.18. The van der Waals surface area contributed by atoms with E-state index in [-0.39, 0.29) is 5.54 Å². The van der Waals surface area contributed by atoms with E-state index in [4.69, 9.17) is 0 Å². The Morgan fingerprint density at radius 2 is 1.93 bits per heavy atom. The van der Waals surface area contributed by atoms with Crippen LogP contribution in [0, 0.1) is 6.92 Å². The molecule has 0 amide bonds. The van der Waals surface area contributed by atoms with Gasteiger partial charge in [-0.3, -0.25) is 4.68 Å². The van der Waals surface area contributed by atoms with Gasteiger partial charge in [-0.2, -0.15) is 5.10 Å². The Morgan fingerprint density at radius 1 is 1.36 bits per heavy atom. The molecule has 1 rings (SSSR count). The van der Waals surface area contributed by atoms with E-state index in [0.717, 1.165) is 5.69 Å². The van der Waals surface area contributed by atoms with E-state index in [1.807, 2.05) is 30.3 Å². The fourth-order valence-electron chi connectivity index (χ4n) is 1.22. The van der Waals surface area contributed by atoms with Crippen LogP contribution < -0.4 is 0 Å². The molecule has 1 heterocycles. The SMILES string of the molecule is Cc1nn(C(C)(C)C)cc1C=[N+](C)C. The Balaban J connectivity index is 3.12. The Morgan fingerprint density at radius 3 is 2.29 bits per heavy atom. The van der Waals surface area contributed by atoms with E-state index in [1.54, 1.807) is 0 Å². The van der Waals surface area contributed by atoms with Gasteiger partial charge in [0.15, 0.2) is 6.21 Å². The highest BCUT2D eigenvalue weighted by Gasteiger charge is 2.16. The molecule has 0 saturated heterocycles. The van der Waals surface area contributed by atoms with Crippen LogP contribution >= 0.6 is 0 Å². The first-order valence-electron chi connectivity index (χ1n) is 4.89. The fraction of sp³-hybridized carbons (Fsp3) is 0.636. The number of hydrogen-bond donors (Lipinski definition) is 0. The number of aromatic nitrogens is 2. The summed E-state index contributed by atoms with van der Waals surface area (Å²) in [5, 5.41) is 4.49. The minimum absolute atomic E-state index is 0.0587. The third-order valence-corrected chi connectivity index (χ3v) is 2.02. The van der Waals surface area contributed by atoms with Gasteiger partial charge in [-0.1, -0.05) is 0 Å². The maximum absolute atomic E-state index is 4.49. The highest BCUT2D eigenvalue weighted by molar-refractivity contribution is 5.76. The van der Waals surface area contributed by atoms with E-state index in [9.17, 15) is 0 Å². The van der Waals surface area contributed by atoms with Crippen molar-refractivity contribution in [3.05, 3.63) is 17.5 Å². The maximum Gasteiger partial charge on any atom is 0.173 e. The van der Waals surface area contributed by atoms with Crippen LogP contribution in [0.15, 0.2) is 6.20 Å². The molecular weight excluding hydrogens is 174 g/mol. The summed E-state index contributed by atoms with van der Waals surface area (Å²) in [6.45, 7) is 8.49. The van der Waals surface area contributed by atoms with Crippen molar-refractivity contribution in [3.8, 4) is 0 Å². The van der Waals surface area contributed by atoms with Crippen LogP contribution in [0.1, 0.15) is 32.0 Å². The molecule has 0 N–H and O–H groups in total. The van der Waals surface area contributed by atoms with Crippen molar-refractivity contribution < 1.29 is 4.58 Å². The van der Waals surface area contributed by atoms with Crippen molar-refractivity contribution in [1.82, 2.24) is 9.78 Å². The molecule has 0 unspecified atom stereocenters. The zero-order chi connectivity index (χ0) is 10.9. The average Bonchev–Trinajstić information content (AvgIpc) is 2.30. The predicted octanol–water partition coefficient (Wildman–Crippen LogP) is 1.64. The van der Waals surface area contributed by atoms with Gasteiger partial charge in [-0.25, -0.2) is 4.58 Å². The van der Waals surface area contributed by atoms with E-state index in [0.29, 0.717) is 0 Å². The second-order valence-corrected chi connectivity index (χ2v) is 4.88. The van der Waals surface area contributed by atoms with Gasteiger partial charge >= 0.3 is 0 Å². The number of nitrogens with zero attached hydrogens (tertiary/aromatic N) is 3. The third-order valence-electron chi connectivity index (χ3n) is 2.02. The van der Waals surface area contributed by atoms with E-state index < -0.39 is 0 Å². The molecule has 0 fully saturated rings. The number of rotatable bonds is 1. The molecule has 0 radical (unpaired) electrons. The molecule has 0 spiro atoms. The lowest BCUT2D eigenvalue weighted by molar-refractivity contribution is -0.458. The second-order valence-electron chi connectivity index (χ2n) is 4.88. The van der Waals surface area contributed by atoms with Gasteiger partial charge in [0.1, 0.15) is 14.1 Å². The topological polar surface area (TPSA) is 20.8 Å². The van der Waals surface area contributed by atoms with Gasteiger partial charge in [0.2, 0.25) is 0 Å². The van der Waals surface area contributed by atoms with Gasteiger partial charge in [0.05, 0.1) is 16.8 Å². The average molecular weight is 194 g/mol. The highest BCUT2D eigenvalue weighted by Crippen LogP contribution is 2.14. The van der Waals surface area contributed by atoms with Gasteiger partial charge in [0, 0.05) is 6.20 Å². The van der Waals surface area contributed by atoms with Crippen LogP contribution in [0.3, 0.4) is 0 Å². The number of aryl methyl sites for hydroxylation is 1. The molecule has 1 aromatic rings. The molecule has 0 aromatic carbocycles. The van der Waals surface area contributed by atoms with Crippen LogP contribution in [-0.2, 0) is 5.54 Å². The normalized spacial score (nSPS) is 11.6. The molecule has 1 aromatic heterocycles. The molecule has 0 atom stereocenters. The molecule has 3 nitrogen and oxygen atoms in total. The fourth-order valence-corrected chi connectivity index (χ4v) is 1.22. The Bertz CT molecular complexity index is 349.